The minimum atomic E-state index is -1.02. The molecule has 0 aliphatic carbocycles. The molecule has 68 valence electrons. The standard InChI is InChI=1S/C8H10O4.Na.H/c1-3-5-11-7(9)8(10)12-6-4-2;;/h3-4H,1-2,5-6H2;;. The van der Waals surface area contributed by atoms with E-state index >= 15 is 0 Å². The van der Waals surface area contributed by atoms with Crippen LogP contribution in [-0.2, 0) is 19.1 Å². The zero-order chi connectivity index (χ0) is 9.40. The molecule has 0 aliphatic rings. The van der Waals surface area contributed by atoms with E-state index < -0.39 is 11.9 Å². The van der Waals surface area contributed by atoms with Crippen LogP contribution in [0.1, 0.15) is 0 Å². The first kappa shape index (κ1) is 14.9. The summed E-state index contributed by atoms with van der Waals surface area (Å²) in [4.78, 5) is 21.3. The van der Waals surface area contributed by atoms with E-state index in [1.165, 1.54) is 12.2 Å². The van der Waals surface area contributed by atoms with Crippen LogP contribution in [-0.4, -0.2) is 54.7 Å². The molecule has 0 bridgehead atoms. The molecular weight excluding hydrogens is 183 g/mol. The number of hydrogen-bond donors (Lipinski definition) is 0. The minimum absolute atomic E-state index is 0. The van der Waals surface area contributed by atoms with Crippen LogP contribution in [0.4, 0.5) is 0 Å². The van der Waals surface area contributed by atoms with Crippen LogP contribution in [0, 0.1) is 0 Å². The van der Waals surface area contributed by atoms with Crippen LogP contribution in [0.2, 0.25) is 0 Å². The van der Waals surface area contributed by atoms with Crippen molar-refractivity contribution in [3.05, 3.63) is 25.3 Å². The molecule has 5 heteroatoms. The fraction of sp³-hybridized carbons (Fsp3) is 0.250. The van der Waals surface area contributed by atoms with Crippen molar-refractivity contribution in [3.8, 4) is 0 Å². The van der Waals surface area contributed by atoms with E-state index in [0.29, 0.717) is 0 Å². The van der Waals surface area contributed by atoms with Crippen LogP contribution < -0.4 is 0 Å². The van der Waals surface area contributed by atoms with Gasteiger partial charge >= 0.3 is 41.5 Å². The molecule has 0 atom stereocenters. The fourth-order valence-corrected chi connectivity index (χ4v) is 0.387. The fourth-order valence-electron chi connectivity index (χ4n) is 0.387. The van der Waals surface area contributed by atoms with Crippen LogP contribution in [0.25, 0.3) is 0 Å². The van der Waals surface area contributed by atoms with E-state index in [-0.39, 0.29) is 42.8 Å². The third kappa shape index (κ3) is 7.77. The molecule has 0 saturated carbocycles. The maximum atomic E-state index is 10.6. The van der Waals surface area contributed by atoms with Gasteiger partial charge in [0.05, 0.1) is 0 Å². The summed E-state index contributed by atoms with van der Waals surface area (Å²) in [5.74, 6) is -2.03. The van der Waals surface area contributed by atoms with Gasteiger partial charge in [0.15, 0.2) is 0 Å². The molecule has 0 amide bonds. The summed E-state index contributed by atoms with van der Waals surface area (Å²) in [5, 5.41) is 0. The summed E-state index contributed by atoms with van der Waals surface area (Å²) in [6, 6.07) is 0. The first-order valence-corrected chi connectivity index (χ1v) is 3.28. The van der Waals surface area contributed by atoms with Crippen molar-refractivity contribution in [1.29, 1.82) is 0 Å². The topological polar surface area (TPSA) is 52.6 Å². The molecule has 0 aromatic heterocycles. The Bertz CT molecular complexity index is 178. The Morgan fingerprint density at radius 1 is 1.00 bits per heavy atom. The van der Waals surface area contributed by atoms with Gasteiger partial charge in [-0.05, 0) is 0 Å². The molecule has 0 unspecified atom stereocenters. The number of rotatable bonds is 4. The average molecular weight is 194 g/mol. The van der Waals surface area contributed by atoms with E-state index in [2.05, 4.69) is 22.6 Å². The molecule has 0 rings (SSSR count). The number of ether oxygens (including phenoxy) is 2. The summed E-state index contributed by atoms with van der Waals surface area (Å²) in [6.45, 7) is 6.62. The second kappa shape index (κ2) is 9.51. The van der Waals surface area contributed by atoms with E-state index in [1.807, 2.05) is 0 Å². The summed E-state index contributed by atoms with van der Waals surface area (Å²) >= 11 is 0. The first-order valence-electron chi connectivity index (χ1n) is 3.28. The van der Waals surface area contributed by atoms with Gasteiger partial charge < -0.3 is 9.47 Å². The second-order valence-corrected chi connectivity index (χ2v) is 1.77. The maximum absolute atomic E-state index is 10.6. The van der Waals surface area contributed by atoms with Gasteiger partial charge in [0.2, 0.25) is 0 Å². The first-order chi connectivity index (χ1) is 5.72. The van der Waals surface area contributed by atoms with Crippen molar-refractivity contribution < 1.29 is 19.1 Å². The molecule has 0 radical (unpaired) electrons. The normalized spacial score (nSPS) is 7.69. The molecule has 0 saturated heterocycles. The van der Waals surface area contributed by atoms with Gasteiger partial charge in [-0.15, -0.1) is 0 Å². The van der Waals surface area contributed by atoms with E-state index in [9.17, 15) is 9.59 Å². The molecule has 13 heavy (non-hydrogen) atoms. The van der Waals surface area contributed by atoms with Crippen LogP contribution >= 0.6 is 0 Å². The second-order valence-electron chi connectivity index (χ2n) is 1.77. The van der Waals surface area contributed by atoms with E-state index in [0.717, 1.165) is 0 Å². The molecule has 0 heterocycles. The van der Waals surface area contributed by atoms with Gasteiger partial charge in [-0.1, -0.05) is 25.3 Å². The Labute approximate surface area is 98.9 Å². The molecule has 0 aromatic rings. The van der Waals surface area contributed by atoms with Crippen LogP contribution in [0.3, 0.4) is 0 Å². The third-order valence-corrected chi connectivity index (χ3v) is 0.831. The van der Waals surface area contributed by atoms with Gasteiger partial charge in [-0.3, -0.25) is 0 Å². The van der Waals surface area contributed by atoms with Crippen LogP contribution in [0.15, 0.2) is 25.3 Å². The molecule has 4 nitrogen and oxygen atoms in total. The van der Waals surface area contributed by atoms with Crippen molar-refractivity contribution in [3.63, 3.8) is 0 Å². The average Bonchev–Trinajstić information content (AvgIpc) is 2.10. The summed E-state index contributed by atoms with van der Waals surface area (Å²) in [6.07, 6.45) is 2.72. The predicted octanol–water partition coefficient (Wildman–Crippen LogP) is -0.204. The molecule has 0 N–H and O–H groups in total. The predicted molar refractivity (Wildman–Crippen MR) is 49.5 cm³/mol. The number of esters is 2. The van der Waals surface area contributed by atoms with Gasteiger partial charge in [0, 0.05) is 0 Å². The Hall–Kier alpha value is -0.580. The van der Waals surface area contributed by atoms with E-state index in [1.54, 1.807) is 0 Å². The third-order valence-electron chi connectivity index (χ3n) is 0.831. The molecular formula is C8H11NaO4. The van der Waals surface area contributed by atoms with Gasteiger partial charge in [0.25, 0.3) is 0 Å². The van der Waals surface area contributed by atoms with Crippen molar-refractivity contribution in [2.75, 3.05) is 13.2 Å². The quantitative estimate of drug-likeness (QED) is 0.269. The number of hydrogen-bond acceptors (Lipinski definition) is 4. The van der Waals surface area contributed by atoms with Crippen molar-refractivity contribution in [2.24, 2.45) is 0 Å². The Morgan fingerprint density at radius 2 is 1.31 bits per heavy atom. The van der Waals surface area contributed by atoms with Crippen molar-refractivity contribution in [1.82, 2.24) is 0 Å². The Morgan fingerprint density at radius 3 is 1.54 bits per heavy atom. The Balaban J connectivity index is 0. The molecule has 0 aromatic carbocycles. The van der Waals surface area contributed by atoms with Crippen molar-refractivity contribution >= 4 is 41.5 Å². The van der Waals surface area contributed by atoms with E-state index in [4.69, 9.17) is 0 Å². The zero-order valence-corrected chi connectivity index (χ0v) is 6.62. The van der Waals surface area contributed by atoms with Gasteiger partial charge in [0.1, 0.15) is 13.2 Å². The summed E-state index contributed by atoms with van der Waals surface area (Å²) in [5.41, 5.74) is 0. The number of carbonyl (C=O) groups excluding carboxylic acids is 2. The van der Waals surface area contributed by atoms with Gasteiger partial charge in [-0.2, -0.15) is 0 Å². The molecule has 0 spiro atoms. The summed E-state index contributed by atoms with van der Waals surface area (Å²) < 4.78 is 8.77. The van der Waals surface area contributed by atoms with Crippen molar-refractivity contribution in [2.45, 2.75) is 0 Å². The number of carbonyl (C=O) groups is 2. The molecule has 0 aliphatic heterocycles. The molecule has 0 fully saturated rings. The zero-order valence-electron chi connectivity index (χ0n) is 6.62. The monoisotopic (exact) mass is 194 g/mol. The summed E-state index contributed by atoms with van der Waals surface area (Å²) in [7, 11) is 0. The SMILES string of the molecule is C=CCOC(=O)C(=O)OCC=C.[NaH]. The van der Waals surface area contributed by atoms with Crippen LogP contribution in [0.5, 0.6) is 0 Å². The Kier molecular flexibility index (Phi) is 10.9. The van der Waals surface area contributed by atoms with Gasteiger partial charge in [-0.25, -0.2) is 9.59 Å².